The quantitative estimate of drug-likeness (QED) is 0.692. The molecule has 0 unspecified atom stereocenters. The number of halogens is 2. The summed E-state index contributed by atoms with van der Waals surface area (Å²) in [5.74, 6) is -1.29. The number of anilines is 2. The minimum atomic E-state index is -3.59. The fourth-order valence-electron chi connectivity index (χ4n) is 1.29. The standard InChI is InChI=1S/C10H14BrN3O3S.ClH/c1-6-3-7(11)4-8(10(6)12)14-9(15)5-18(16,17)13-2;/h3-4,13H,5,12H2,1-2H3,(H,14,15);1H. The first kappa shape index (κ1) is 18.2. The summed E-state index contributed by atoms with van der Waals surface area (Å²) < 4.78 is 25.2. The summed E-state index contributed by atoms with van der Waals surface area (Å²) in [4.78, 5) is 11.6. The van der Waals surface area contributed by atoms with Gasteiger partial charge in [0.05, 0.1) is 11.4 Å². The third-order valence-corrected chi connectivity index (χ3v) is 3.98. The molecule has 0 radical (unpaired) electrons. The minimum absolute atomic E-state index is 0. The maximum atomic E-state index is 11.6. The minimum Gasteiger partial charge on any atom is -0.397 e. The second kappa shape index (κ2) is 7.09. The zero-order valence-electron chi connectivity index (χ0n) is 10.4. The van der Waals surface area contributed by atoms with E-state index in [0.717, 1.165) is 10.0 Å². The number of carbonyl (C=O) groups excluding carboxylic acids is 1. The lowest BCUT2D eigenvalue weighted by Crippen LogP contribution is -2.30. The van der Waals surface area contributed by atoms with E-state index in [1.807, 2.05) is 0 Å². The van der Waals surface area contributed by atoms with Crippen molar-refractivity contribution in [1.29, 1.82) is 0 Å². The van der Waals surface area contributed by atoms with Crippen LogP contribution in [-0.4, -0.2) is 27.1 Å². The van der Waals surface area contributed by atoms with Gasteiger partial charge in [-0.05, 0) is 31.7 Å². The number of hydrogen-bond donors (Lipinski definition) is 3. The van der Waals surface area contributed by atoms with Gasteiger partial charge in [0.1, 0.15) is 5.75 Å². The van der Waals surface area contributed by atoms with Gasteiger partial charge in [-0.3, -0.25) is 4.79 Å². The van der Waals surface area contributed by atoms with Crippen LogP contribution in [0.2, 0.25) is 0 Å². The van der Waals surface area contributed by atoms with E-state index in [1.54, 1.807) is 19.1 Å². The molecular formula is C10H15BrClN3O3S. The molecule has 1 aromatic carbocycles. The molecule has 0 heterocycles. The average molecular weight is 373 g/mol. The SMILES string of the molecule is CNS(=O)(=O)CC(=O)Nc1cc(Br)cc(C)c1N.Cl. The predicted octanol–water partition coefficient (Wildman–Crippen LogP) is 1.25. The van der Waals surface area contributed by atoms with Crippen LogP contribution in [0.1, 0.15) is 5.56 Å². The van der Waals surface area contributed by atoms with E-state index >= 15 is 0 Å². The molecule has 0 aliphatic heterocycles. The highest BCUT2D eigenvalue weighted by Gasteiger charge is 2.15. The number of aryl methyl sites for hydroxylation is 1. The van der Waals surface area contributed by atoms with E-state index in [0.29, 0.717) is 11.4 Å². The van der Waals surface area contributed by atoms with Crippen molar-refractivity contribution in [3.8, 4) is 0 Å². The van der Waals surface area contributed by atoms with Crippen LogP contribution in [0.4, 0.5) is 11.4 Å². The third kappa shape index (κ3) is 5.35. The zero-order chi connectivity index (χ0) is 13.9. The molecule has 0 aromatic heterocycles. The molecule has 0 aliphatic rings. The zero-order valence-corrected chi connectivity index (χ0v) is 13.6. The number of rotatable bonds is 4. The van der Waals surface area contributed by atoms with Crippen LogP contribution in [0.5, 0.6) is 0 Å². The van der Waals surface area contributed by atoms with Crippen LogP contribution >= 0.6 is 28.3 Å². The van der Waals surface area contributed by atoms with Crippen molar-refractivity contribution in [2.75, 3.05) is 23.9 Å². The summed E-state index contributed by atoms with van der Waals surface area (Å²) in [6.45, 7) is 1.79. The van der Waals surface area contributed by atoms with E-state index in [9.17, 15) is 13.2 Å². The number of sulfonamides is 1. The number of benzene rings is 1. The van der Waals surface area contributed by atoms with Gasteiger partial charge in [-0.1, -0.05) is 15.9 Å². The summed E-state index contributed by atoms with van der Waals surface area (Å²) >= 11 is 3.27. The van der Waals surface area contributed by atoms with E-state index in [1.165, 1.54) is 7.05 Å². The fourth-order valence-corrected chi connectivity index (χ4v) is 2.42. The molecule has 0 fully saturated rings. The van der Waals surface area contributed by atoms with Crippen LogP contribution in [0.25, 0.3) is 0 Å². The van der Waals surface area contributed by atoms with Gasteiger partial charge in [0.25, 0.3) is 0 Å². The largest absolute Gasteiger partial charge is 0.397 e. The molecule has 1 amide bonds. The monoisotopic (exact) mass is 371 g/mol. The Morgan fingerprint density at radius 3 is 2.53 bits per heavy atom. The molecule has 9 heteroatoms. The van der Waals surface area contributed by atoms with Crippen molar-refractivity contribution in [1.82, 2.24) is 4.72 Å². The van der Waals surface area contributed by atoms with Crippen LogP contribution < -0.4 is 15.8 Å². The first-order chi connectivity index (χ1) is 8.25. The molecule has 108 valence electrons. The first-order valence-corrected chi connectivity index (χ1v) is 7.46. The summed E-state index contributed by atoms with van der Waals surface area (Å²) in [7, 11) is -2.34. The Morgan fingerprint density at radius 1 is 1.42 bits per heavy atom. The number of amides is 1. The molecule has 0 saturated carbocycles. The van der Waals surface area contributed by atoms with Crippen molar-refractivity contribution in [2.45, 2.75) is 6.92 Å². The lowest BCUT2D eigenvalue weighted by molar-refractivity contribution is -0.113. The Morgan fingerprint density at radius 2 is 2.00 bits per heavy atom. The van der Waals surface area contributed by atoms with Gasteiger partial charge in [-0.25, -0.2) is 13.1 Å². The molecule has 1 rings (SSSR count). The second-order valence-electron chi connectivity index (χ2n) is 3.70. The molecule has 4 N–H and O–H groups in total. The summed E-state index contributed by atoms with van der Waals surface area (Å²) in [5.41, 5.74) is 7.38. The Balaban J connectivity index is 0.00000324. The Kier molecular flexibility index (Phi) is 6.78. The highest BCUT2D eigenvalue weighted by atomic mass is 79.9. The first-order valence-electron chi connectivity index (χ1n) is 5.02. The highest BCUT2D eigenvalue weighted by Crippen LogP contribution is 2.27. The topological polar surface area (TPSA) is 101 Å². The Hall–Kier alpha value is -0.830. The molecular weight excluding hydrogens is 358 g/mol. The van der Waals surface area contributed by atoms with E-state index in [4.69, 9.17) is 5.73 Å². The van der Waals surface area contributed by atoms with Crippen LogP contribution in [0.15, 0.2) is 16.6 Å². The van der Waals surface area contributed by atoms with Gasteiger partial charge in [0.15, 0.2) is 0 Å². The fraction of sp³-hybridized carbons (Fsp3) is 0.300. The molecule has 0 atom stereocenters. The molecule has 0 aliphatic carbocycles. The average Bonchev–Trinajstić information content (AvgIpc) is 2.24. The van der Waals surface area contributed by atoms with Crippen molar-refractivity contribution < 1.29 is 13.2 Å². The number of nitrogen functional groups attached to an aromatic ring is 1. The van der Waals surface area contributed by atoms with Crippen molar-refractivity contribution >= 4 is 55.6 Å². The molecule has 0 spiro atoms. The van der Waals surface area contributed by atoms with Gasteiger partial charge in [-0.15, -0.1) is 12.4 Å². The number of nitrogens with two attached hydrogens (primary N) is 1. The van der Waals surface area contributed by atoms with E-state index in [2.05, 4.69) is 26.0 Å². The van der Waals surface area contributed by atoms with Crippen molar-refractivity contribution in [2.24, 2.45) is 0 Å². The van der Waals surface area contributed by atoms with Crippen molar-refractivity contribution in [3.05, 3.63) is 22.2 Å². The summed E-state index contributed by atoms with van der Waals surface area (Å²) in [5, 5.41) is 2.47. The number of hydrogen-bond acceptors (Lipinski definition) is 4. The highest BCUT2D eigenvalue weighted by molar-refractivity contribution is 9.10. The van der Waals surface area contributed by atoms with Crippen LogP contribution in [-0.2, 0) is 14.8 Å². The van der Waals surface area contributed by atoms with E-state index < -0.39 is 21.7 Å². The second-order valence-corrected chi connectivity index (χ2v) is 6.54. The molecule has 6 nitrogen and oxygen atoms in total. The molecule has 1 aromatic rings. The van der Waals surface area contributed by atoms with E-state index in [-0.39, 0.29) is 12.4 Å². The maximum Gasteiger partial charge on any atom is 0.241 e. The molecule has 0 bridgehead atoms. The van der Waals surface area contributed by atoms with Gasteiger partial charge >= 0.3 is 0 Å². The van der Waals surface area contributed by atoms with Gasteiger partial charge in [0, 0.05) is 4.47 Å². The van der Waals surface area contributed by atoms with Crippen molar-refractivity contribution in [3.63, 3.8) is 0 Å². The van der Waals surface area contributed by atoms with Gasteiger partial charge in [-0.2, -0.15) is 0 Å². The Bertz CT molecular complexity index is 578. The van der Waals surface area contributed by atoms with Gasteiger partial charge in [0.2, 0.25) is 15.9 Å². The maximum absolute atomic E-state index is 11.6. The predicted molar refractivity (Wildman–Crippen MR) is 82.0 cm³/mol. The normalized spacial score (nSPS) is 10.7. The summed E-state index contributed by atoms with van der Waals surface area (Å²) in [6.07, 6.45) is 0. The van der Waals surface area contributed by atoms with Gasteiger partial charge < -0.3 is 11.1 Å². The lowest BCUT2D eigenvalue weighted by Gasteiger charge is -2.11. The number of carbonyl (C=O) groups is 1. The number of nitrogens with one attached hydrogen (secondary N) is 2. The third-order valence-electron chi connectivity index (χ3n) is 2.26. The van der Waals surface area contributed by atoms with Crippen LogP contribution in [0, 0.1) is 6.92 Å². The molecule has 19 heavy (non-hydrogen) atoms. The van der Waals surface area contributed by atoms with Crippen LogP contribution in [0.3, 0.4) is 0 Å². The lowest BCUT2D eigenvalue weighted by atomic mass is 10.2. The Labute approximate surface area is 126 Å². The molecule has 0 saturated heterocycles. The summed E-state index contributed by atoms with van der Waals surface area (Å²) in [6, 6.07) is 3.42. The smallest absolute Gasteiger partial charge is 0.241 e.